The Labute approximate surface area is 218 Å². The number of Topliss-reactive ketones (excluding diaryl/α,β-unsaturated/α-hetero) is 1. The molecule has 1 aliphatic carbocycles. The Hall–Kier alpha value is -4.04. The summed E-state index contributed by atoms with van der Waals surface area (Å²) in [6.07, 6.45) is 1.51. The van der Waals surface area contributed by atoms with Crippen molar-refractivity contribution in [1.29, 1.82) is 0 Å². The quantitative estimate of drug-likeness (QED) is 0.243. The van der Waals surface area contributed by atoms with Gasteiger partial charge >= 0.3 is 5.97 Å². The number of carbonyl (C=O) groups is 2. The number of nitro groups is 1. The van der Waals surface area contributed by atoms with Crippen molar-refractivity contribution in [2.75, 3.05) is 6.61 Å². The topological polar surface area (TPSA) is 98.5 Å². The van der Waals surface area contributed by atoms with Gasteiger partial charge in [-0.3, -0.25) is 14.9 Å². The first-order chi connectivity index (χ1) is 17.9. The first kappa shape index (κ1) is 24.6. The fourth-order valence-electron chi connectivity index (χ4n) is 5.17. The lowest BCUT2D eigenvalue weighted by Crippen LogP contribution is -2.36. The fraction of sp³-hybridized carbons (Fsp3) is 0.241. The molecule has 0 fully saturated rings. The van der Waals surface area contributed by atoms with E-state index in [4.69, 9.17) is 4.74 Å². The molecule has 0 bridgehead atoms. The molecule has 2 aromatic carbocycles. The Balaban J connectivity index is 1.50. The van der Waals surface area contributed by atoms with Crippen LogP contribution in [0, 0.1) is 10.1 Å². The van der Waals surface area contributed by atoms with Gasteiger partial charge in [0.05, 0.1) is 17.1 Å². The monoisotopic (exact) mass is 514 g/mol. The van der Waals surface area contributed by atoms with E-state index in [0.29, 0.717) is 41.7 Å². The van der Waals surface area contributed by atoms with Crippen molar-refractivity contribution < 1.29 is 19.2 Å². The van der Waals surface area contributed by atoms with Crippen LogP contribution in [0.5, 0.6) is 0 Å². The van der Waals surface area contributed by atoms with Crippen molar-refractivity contribution in [3.05, 3.63) is 121 Å². The van der Waals surface area contributed by atoms with E-state index in [1.807, 2.05) is 47.8 Å². The number of dihydropyridines is 1. The van der Waals surface area contributed by atoms with Crippen LogP contribution in [0.2, 0.25) is 0 Å². The maximum absolute atomic E-state index is 13.6. The molecule has 188 valence electrons. The molecule has 7 nitrogen and oxygen atoms in total. The van der Waals surface area contributed by atoms with Gasteiger partial charge < -0.3 is 10.1 Å². The number of thiophene rings is 1. The summed E-state index contributed by atoms with van der Waals surface area (Å²) in [6.45, 7) is 1.97. The van der Waals surface area contributed by atoms with Crippen LogP contribution in [0.1, 0.15) is 47.6 Å². The van der Waals surface area contributed by atoms with Gasteiger partial charge in [-0.15, -0.1) is 11.3 Å². The summed E-state index contributed by atoms with van der Waals surface area (Å²) in [7, 11) is 0. The Morgan fingerprint density at radius 2 is 1.92 bits per heavy atom. The molecule has 0 saturated heterocycles. The van der Waals surface area contributed by atoms with Gasteiger partial charge in [0.2, 0.25) is 0 Å². The summed E-state index contributed by atoms with van der Waals surface area (Å²) in [5.74, 6) is -1.28. The first-order valence-corrected chi connectivity index (χ1v) is 13.0. The third kappa shape index (κ3) is 5.11. The van der Waals surface area contributed by atoms with E-state index < -0.39 is 16.8 Å². The fourth-order valence-corrected chi connectivity index (χ4v) is 6.00. The average Bonchev–Trinajstić information content (AvgIpc) is 3.43. The van der Waals surface area contributed by atoms with Crippen LogP contribution in [-0.2, 0) is 20.7 Å². The van der Waals surface area contributed by atoms with E-state index >= 15 is 0 Å². The van der Waals surface area contributed by atoms with Crippen LogP contribution in [0.15, 0.2) is 94.7 Å². The molecule has 1 N–H and O–H groups in total. The summed E-state index contributed by atoms with van der Waals surface area (Å²) in [6, 6.07) is 19.9. The van der Waals surface area contributed by atoms with Gasteiger partial charge in [0.1, 0.15) is 0 Å². The number of allylic oxidation sites excluding steroid dienone is 3. The highest BCUT2D eigenvalue weighted by Crippen LogP contribution is 2.46. The lowest BCUT2D eigenvalue weighted by atomic mass is 9.72. The number of nitrogens with zero attached hydrogens (tertiary/aromatic N) is 1. The number of benzene rings is 2. The number of rotatable bonds is 7. The van der Waals surface area contributed by atoms with Gasteiger partial charge in [-0.05, 0) is 35.9 Å². The van der Waals surface area contributed by atoms with Gasteiger partial charge in [0.25, 0.3) is 5.69 Å². The van der Waals surface area contributed by atoms with Gasteiger partial charge in [-0.25, -0.2) is 4.79 Å². The van der Waals surface area contributed by atoms with Crippen LogP contribution in [0.25, 0.3) is 0 Å². The summed E-state index contributed by atoms with van der Waals surface area (Å²) in [5.41, 5.74) is 3.66. The lowest BCUT2D eigenvalue weighted by Gasteiger charge is -2.36. The first-order valence-electron chi connectivity index (χ1n) is 12.1. The van der Waals surface area contributed by atoms with Crippen LogP contribution in [-0.4, -0.2) is 23.3 Å². The standard InChI is InChI=1S/C29H26N2O5S/c1-18-26(29(33)36-13-12-19-7-3-2-4-8-19)27(20-9-5-10-22(15-20)31(34)35)28-23(30-18)16-21(17-24(28)32)25-11-6-14-37-25/h2-11,14-15,21,27,30H,12-13,16-17H2,1H3/t21-,27-/m0/s1. The van der Waals surface area contributed by atoms with E-state index in [2.05, 4.69) is 5.32 Å². The molecule has 0 radical (unpaired) electrons. The van der Waals surface area contributed by atoms with E-state index in [1.165, 1.54) is 12.1 Å². The van der Waals surface area contributed by atoms with Crippen LogP contribution >= 0.6 is 11.3 Å². The number of hydrogen-bond acceptors (Lipinski definition) is 7. The number of hydrogen-bond donors (Lipinski definition) is 1. The Bertz CT molecular complexity index is 1410. The zero-order valence-electron chi connectivity index (χ0n) is 20.3. The number of ether oxygens (including phenoxy) is 1. The molecular formula is C29H26N2O5S. The molecule has 0 saturated carbocycles. The molecular weight excluding hydrogens is 488 g/mol. The second-order valence-electron chi connectivity index (χ2n) is 9.26. The van der Waals surface area contributed by atoms with E-state index in [1.54, 1.807) is 30.4 Å². The molecule has 1 aromatic heterocycles. The van der Waals surface area contributed by atoms with Crippen molar-refractivity contribution in [2.45, 2.75) is 38.0 Å². The number of ketones is 1. The largest absolute Gasteiger partial charge is 0.462 e. The molecule has 0 unspecified atom stereocenters. The number of carbonyl (C=O) groups excluding carboxylic acids is 2. The minimum Gasteiger partial charge on any atom is -0.462 e. The maximum Gasteiger partial charge on any atom is 0.336 e. The van der Waals surface area contributed by atoms with Gasteiger partial charge in [0.15, 0.2) is 5.78 Å². The molecule has 2 heterocycles. The molecule has 1 aliphatic heterocycles. The average molecular weight is 515 g/mol. The normalized spacial score (nSPS) is 19.3. The molecule has 0 amide bonds. The highest BCUT2D eigenvalue weighted by Gasteiger charge is 2.42. The summed E-state index contributed by atoms with van der Waals surface area (Å²) < 4.78 is 5.68. The lowest BCUT2D eigenvalue weighted by molar-refractivity contribution is -0.384. The predicted molar refractivity (Wildman–Crippen MR) is 141 cm³/mol. The van der Waals surface area contributed by atoms with Crippen LogP contribution < -0.4 is 5.32 Å². The zero-order valence-corrected chi connectivity index (χ0v) is 21.1. The highest BCUT2D eigenvalue weighted by atomic mass is 32.1. The van der Waals surface area contributed by atoms with E-state index in [-0.39, 0.29) is 24.0 Å². The summed E-state index contributed by atoms with van der Waals surface area (Å²) in [5, 5.41) is 16.8. The summed E-state index contributed by atoms with van der Waals surface area (Å²) >= 11 is 1.62. The summed E-state index contributed by atoms with van der Waals surface area (Å²) in [4.78, 5) is 39.3. The second-order valence-corrected chi connectivity index (χ2v) is 10.2. The van der Waals surface area contributed by atoms with Crippen LogP contribution in [0.3, 0.4) is 0 Å². The maximum atomic E-state index is 13.6. The molecule has 8 heteroatoms. The SMILES string of the molecule is CC1=C(C(=O)OCCc2ccccc2)[C@H](c2cccc([N+](=O)[O-])c2)C2=C(C[C@H](c3cccs3)CC2=O)N1. The van der Waals surface area contributed by atoms with Crippen molar-refractivity contribution in [3.8, 4) is 0 Å². The van der Waals surface area contributed by atoms with Crippen molar-refractivity contribution in [2.24, 2.45) is 0 Å². The van der Waals surface area contributed by atoms with E-state index in [0.717, 1.165) is 16.1 Å². The number of nitrogens with one attached hydrogen (secondary N) is 1. The van der Waals surface area contributed by atoms with Crippen LogP contribution in [0.4, 0.5) is 5.69 Å². The predicted octanol–water partition coefficient (Wildman–Crippen LogP) is 5.80. The molecule has 37 heavy (non-hydrogen) atoms. The number of non-ortho nitro benzene ring substituents is 1. The zero-order chi connectivity index (χ0) is 25.9. The number of nitro benzene ring substituents is 1. The number of esters is 1. The third-order valence-corrected chi connectivity index (χ3v) is 7.91. The van der Waals surface area contributed by atoms with Crippen molar-refractivity contribution >= 4 is 28.8 Å². The molecule has 2 atom stereocenters. The van der Waals surface area contributed by atoms with Crippen molar-refractivity contribution in [3.63, 3.8) is 0 Å². The Morgan fingerprint density at radius 1 is 1.11 bits per heavy atom. The molecule has 3 aromatic rings. The second kappa shape index (κ2) is 10.5. The van der Waals surface area contributed by atoms with E-state index in [9.17, 15) is 19.7 Å². The minimum atomic E-state index is -0.739. The molecule has 5 rings (SSSR count). The Kier molecular flexibility index (Phi) is 7.01. The van der Waals surface area contributed by atoms with Gasteiger partial charge in [-0.1, -0.05) is 48.5 Å². The smallest absolute Gasteiger partial charge is 0.336 e. The minimum absolute atomic E-state index is 0.0525. The Morgan fingerprint density at radius 3 is 2.65 bits per heavy atom. The third-order valence-electron chi connectivity index (χ3n) is 6.87. The highest BCUT2D eigenvalue weighted by molar-refractivity contribution is 7.10. The van der Waals surface area contributed by atoms with Gasteiger partial charge in [-0.2, -0.15) is 0 Å². The molecule has 0 spiro atoms. The van der Waals surface area contributed by atoms with Gasteiger partial charge in [0, 0.05) is 58.7 Å². The molecule has 2 aliphatic rings. The van der Waals surface area contributed by atoms with Crippen molar-refractivity contribution in [1.82, 2.24) is 5.32 Å².